The highest BCUT2D eigenvalue weighted by atomic mass is 32.2. The van der Waals surface area contributed by atoms with E-state index in [1.807, 2.05) is 67.6 Å². The first-order valence-corrected chi connectivity index (χ1v) is 15.3. The number of amidine groups is 1. The van der Waals surface area contributed by atoms with Crippen LogP contribution in [-0.2, 0) is 31.6 Å². The Morgan fingerprint density at radius 2 is 1.45 bits per heavy atom. The van der Waals surface area contributed by atoms with E-state index in [0.717, 1.165) is 11.1 Å². The molecule has 3 aromatic rings. The van der Waals surface area contributed by atoms with Crippen LogP contribution in [0, 0.1) is 5.41 Å². The van der Waals surface area contributed by atoms with Crippen LogP contribution in [0.4, 0.5) is 0 Å². The number of nitrogen functional groups attached to an aromatic ring is 1. The van der Waals surface area contributed by atoms with Crippen molar-refractivity contribution in [3.63, 3.8) is 0 Å². The number of nitrogens with two attached hydrogens (primary N) is 1. The maximum absolute atomic E-state index is 13.7. The lowest BCUT2D eigenvalue weighted by atomic mass is 9.76. The van der Waals surface area contributed by atoms with Gasteiger partial charge in [-0.2, -0.15) is 13.1 Å². The first-order valence-electron chi connectivity index (χ1n) is 13.8. The molecule has 10 nitrogen and oxygen atoms in total. The Labute approximate surface area is 247 Å². The molecule has 0 aromatic heterocycles. The van der Waals surface area contributed by atoms with E-state index in [2.05, 4.69) is 9.44 Å². The monoisotopic (exact) mass is 590 g/mol. The molecule has 2 amide bonds. The predicted octanol–water partition coefficient (Wildman–Crippen LogP) is 2.00. The van der Waals surface area contributed by atoms with Crippen molar-refractivity contribution in [3.05, 3.63) is 107 Å². The number of hydrogen-bond acceptors (Lipinski definition) is 5. The molecule has 1 saturated heterocycles. The minimum atomic E-state index is -4.16. The molecule has 4 rings (SSSR count). The number of piperazine rings is 1. The van der Waals surface area contributed by atoms with Crippen molar-refractivity contribution in [2.24, 2.45) is 5.73 Å². The van der Waals surface area contributed by atoms with E-state index in [4.69, 9.17) is 11.1 Å². The van der Waals surface area contributed by atoms with E-state index in [1.165, 1.54) is 6.92 Å². The Bertz CT molecular complexity index is 1470. The van der Waals surface area contributed by atoms with Crippen molar-refractivity contribution in [2.45, 2.75) is 31.7 Å². The number of nitrogens with zero attached hydrogens (tertiary/aromatic N) is 2. The third-order valence-corrected chi connectivity index (χ3v) is 8.87. The molecule has 1 unspecified atom stereocenters. The summed E-state index contributed by atoms with van der Waals surface area (Å²) in [5.74, 6) is -0.571. The van der Waals surface area contributed by atoms with E-state index < -0.39 is 21.7 Å². The third-order valence-electron chi connectivity index (χ3n) is 7.75. The fourth-order valence-corrected chi connectivity index (χ4v) is 6.31. The second kappa shape index (κ2) is 13.3. The fraction of sp³-hybridized carbons (Fsp3) is 0.323. The number of nitrogens with one attached hydrogen (secondary N) is 3. The van der Waals surface area contributed by atoms with Crippen molar-refractivity contribution in [1.82, 2.24) is 19.2 Å². The molecule has 1 aliphatic rings. The van der Waals surface area contributed by atoms with Crippen molar-refractivity contribution in [1.29, 1.82) is 5.41 Å². The normalized spacial score (nSPS) is 14.8. The summed E-state index contributed by atoms with van der Waals surface area (Å²) in [4.78, 5) is 28.7. The van der Waals surface area contributed by atoms with Gasteiger partial charge in [-0.1, -0.05) is 85.8 Å². The van der Waals surface area contributed by atoms with E-state index in [0.29, 0.717) is 37.3 Å². The van der Waals surface area contributed by atoms with Gasteiger partial charge in [0.15, 0.2) is 0 Å². The summed E-state index contributed by atoms with van der Waals surface area (Å²) in [5, 5.41) is 7.76. The van der Waals surface area contributed by atoms with Gasteiger partial charge in [-0.05, 0) is 29.2 Å². The van der Waals surface area contributed by atoms with Crippen LogP contribution in [0.15, 0.2) is 84.9 Å². The third kappa shape index (κ3) is 7.61. The van der Waals surface area contributed by atoms with Gasteiger partial charge in [0, 0.05) is 50.6 Å². The molecular weight excluding hydrogens is 552 g/mol. The van der Waals surface area contributed by atoms with E-state index >= 15 is 0 Å². The number of hydrogen-bond donors (Lipinski definition) is 4. The lowest BCUT2D eigenvalue weighted by Gasteiger charge is -2.36. The highest BCUT2D eigenvalue weighted by Gasteiger charge is 2.34. The fourth-order valence-electron chi connectivity index (χ4n) is 5.19. The van der Waals surface area contributed by atoms with Gasteiger partial charge in [0.2, 0.25) is 11.8 Å². The van der Waals surface area contributed by atoms with Crippen molar-refractivity contribution < 1.29 is 18.0 Å². The van der Waals surface area contributed by atoms with Crippen LogP contribution in [-0.4, -0.2) is 74.6 Å². The number of benzene rings is 3. The maximum Gasteiger partial charge on any atom is 0.277 e. The number of amides is 2. The average Bonchev–Trinajstić information content (AvgIpc) is 3.00. The van der Waals surface area contributed by atoms with Gasteiger partial charge in [-0.15, -0.1) is 0 Å². The van der Waals surface area contributed by atoms with Gasteiger partial charge < -0.3 is 15.5 Å². The van der Waals surface area contributed by atoms with Gasteiger partial charge in [-0.3, -0.25) is 15.0 Å². The van der Waals surface area contributed by atoms with Crippen LogP contribution in [0.25, 0.3) is 0 Å². The summed E-state index contributed by atoms with van der Waals surface area (Å²) < 4.78 is 32.4. The zero-order valence-electron chi connectivity index (χ0n) is 23.9. The molecule has 1 heterocycles. The second-order valence-corrected chi connectivity index (χ2v) is 12.2. The minimum Gasteiger partial charge on any atom is -0.384 e. The van der Waals surface area contributed by atoms with Crippen LogP contribution >= 0.6 is 0 Å². The van der Waals surface area contributed by atoms with Gasteiger partial charge in [0.1, 0.15) is 11.9 Å². The van der Waals surface area contributed by atoms with Crippen molar-refractivity contribution in [2.75, 3.05) is 32.7 Å². The topological polar surface area (TPSA) is 149 Å². The lowest BCUT2D eigenvalue weighted by molar-refractivity contribution is -0.139. The Morgan fingerprint density at radius 1 is 0.905 bits per heavy atom. The van der Waals surface area contributed by atoms with Crippen LogP contribution in [0.1, 0.15) is 36.1 Å². The SMILES string of the molecule is CC(=O)N1CCN(C(=O)C(Cc2cccc(C(=N)N)c2)NS(=O)(=O)NCC(C)(c2ccccc2)c2ccccc2)CC1. The minimum absolute atomic E-state index is 0.0500. The van der Waals surface area contributed by atoms with Crippen LogP contribution in [0.5, 0.6) is 0 Å². The average molecular weight is 591 g/mol. The maximum atomic E-state index is 13.7. The summed E-state index contributed by atoms with van der Waals surface area (Å²) in [7, 11) is -4.16. The zero-order chi connectivity index (χ0) is 30.3. The molecule has 0 spiro atoms. The van der Waals surface area contributed by atoms with Crippen LogP contribution < -0.4 is 15.2 Å². The molecule has 1 atom stereocenters. The molecule has 0 bridgehead atoms. The Morgan fingerprint density at radius 3 is 1.98 bits per heavy atom. The largest absolute Gasteiger partial charge is 0.384 e. The summed E-state index contributed by atoms with van der Waals surface area (Å²) in [6.45, 7) is 4.88. The summed E-state index contributed by atoms with van der Waals surface area (Å²) >= 11 is 0. The summed E-state index contributed by atoms with van der Waals surface area (Å²) in [5.41, 5.74) is 8.00. The Balaban J connectivity index is 1.57. The molecule has 0 aliphatic carbocycles. The Kier molecular flexibility index (Phi) is 9.77. The molecule has 42 heavy (non-hydrogen) atoms. The van der Waals surface area contributed by atoms with Crippen LogP contribution in [0.3, 0.4) is 0 Å². The van der Waals surface area contributed by atoms with Crippen LogP contribution in [0.2, 0.25) is 0 Å². The molecule has 5 N–H and O–H groups in total. The van der Waals surface area contributed by atoms with Gasteiger partial charge in [0.25, 0.3) is 10.2 Å². The molecular formula is C31H38N6O4S. The van der Waals surface area contributed by atoms with Crippen molar-refractivity contribution >= 4 is 27.9 Å². The van der Waals surface area contributed by atoms with E-state index in [9.17, 15) is 18.0 Å². The molecule has 11 heteroatoms. The number of carbonyl (C=O) groups is 2. The number of carbonyl (C=O) groups excluding carboxylic acids is 2. The van der Waals surface area contributed by atoms with Gasteiger partial charge in [0.05, 0.1) is 0 Å². The van der Waals surface area contributed by atoms with E-state index in [1.54, 1.807) is 34.1 Å². The summed E-state index contributed by atoms with van der Waals surface area (Å²) in [6, 6.07) is 25.1. The molecule has 1 aliphatic heterocycles. The smallest absolute Gasteiger partial charge is 0.277 e. The standard InChI is InChI=1S/C31H38N6O4S/c1-23(38)36-16-18-37(19-17-36)30(39)28(21-24-10-9-11-25(20-24)29(32)33)35-42(40,41)34-22-31(2,26-12-5-3-6-13-26)27-14-7-4-8-15-27/h3-15,20,28,34-35H,16-19,21-22H2,1-2H3,(H3,32,33). The second-order valence-electron chi connectivity index (χ2n) is 10.7. The quantitative estimate of drug-likeness (QED) is 0.199. The first-order chi connectivity index (χ1) is 20.0. The molecule has 0 saturated carbocycles. The highest BCUT2D eigenvalue weighted by molar-refractivity contribution is 7.87. The Hall–Kier alpha value is -4.06. The molecule has 1 fully saturated rings. The predicted molar refractivity (Wildman–Crippen MR) is 163 cm³/mol. The number of rotatable bonds is 11. The van der Waals surface area contributed by atoms with E-state index in [-0.39, 0.29) is 30.6 Å². The lowest BCUT2D eigenvalue weighted by Crippen LogP contribution is -2.57. The highest BCUT2D eigenvalue weighted by Crippen LogP contribution is 2.31. The van der Waals surface area contributed by atoms with Gasteiger partial charge >= 0.3 is 0 Å². The molecule has 3 aromatic carbocycles. The molecule has 0 radical (unpaired) electrons. The first kappa shape index (κ1) is 30.9. The zero-order valence-corrected chi connectivity index (χ0v) is 24.7. The molecule has 222 valence electrons. The van der Waals surface area contributed by atoms with Gasteiger partial charge in [-0.25, -0.2) is 4.72 Å². The van der Waals surface area contributed by atoms with Crippen molar-refractivity contribution in [3.8, 4) is 0 Å². The summed E-state index contributed by atoms with van der Waals surface area (Å²) in [6.07, 6.45) is 0.0580.